The van der Waals surface area contributed by atoms with Crippen molar-refractivity contribution in [1.29, 1.82) is 0 Å². The Hall–Kier alpha value is -1.28. The van der Waals surface area contributed by atoms with Gasteiger partial charge in [-0.15, -0.1) is 4.72 Å². The predicted molar refractivity (Wildman–Crippen MR) is 63.3 cm³/mol. The van der Waals surface area contributed by atoms with E-state index in [-0.39, 0.29) is 0 Å². The van der Waals surface area contributed by atoms with Crippen LogP contribution >= 0.6 is 0 Å². The first-order valence-corrected chi connectivity index (χ1v) is 8.40. The van der Waals surface area contributed by atoms with Crippen LogP contribution < -0.4 is 4.72 Å². The molecule has 31 heavy (non-hydrogen) atoms. The molecule has 0 saturated heterocycles. The molecule has 0 aromatic heterocycles. The third kappa shape index (κ3) is 4.10. The van der Waals surface area contributed by atoms with E-state index in [1.165, 1.54) is 0 Å². The van der Waals surface area contributed by atoms with E-state index in [2.05, 4.69) is 0 Å². The second-order valence-corrected chi connectivity index (χ2v) is 7.53. The summed E-state index contributed by atoms with van der Waals surface area (Å²) in [4.78, 5) is 0. The lowest BCUT2D eigenvalue weighted by Gasteiger charge is -2.42. The van der Waals surface area contributed by atoms with Gasteiger partial charge in [0, 0.05) is 0 Å². The van der Waals surface area contributed by atoms with Crippen molar-refractivity contribution in [3.63, 3.8) is 0 Å². The van der Waals surface area contributed by atoms with Crippen LogP contribution in [0.5, 0.6) is 0 Å². The smallest absolute Gasteiger partial charge is 0.212 e. The molecule has 0 aromatic carbocycles. The van der Waals surface area contributed by atoms with Gasteiger partial charge >= 0.3 is 47.8 Å². The first-order chi connectivity index (χ1) is 13.0. The topological polar surface area (TPSA) is 46.2 Å². The molecule has 0 aliphatic rings. The molecule has 21 heteroatoms. The molecule has 0 radical (unpaired) electrons. The van der Waals surface area contributed by atoms with Crippen LogP contribution in [0.15, 0.2) is 0 Å². The third-order valence-corrected chi connectivity index (χ3v) is 4.71. The zero-order valence-corrected chi connectivity index (χ0v) is 14.7. The van der Waals surface area contributed by atoms with Gasteiger partial charge in [0.05, 0.1) is 5.75 Å². The molecule has 0 bridgehead atoms. The van der Waals surface area contributed by atoms with Crippen LogP contribution in [-0.4, -0.2) is 61.9 Å². The molecule has 0 saturated carbocycles. The van der Waals surface area contributed by atoms with E-state index in [0.29, 0.717) is 6.92 Å². The Labute approximate surface area is 159 Å². The minimum absolute atomic E-state index is 0.372. The summed E-state index contributed by atoms with van der Waals surface area (Å²) in [7, 11) is -5.74. The Balaban J connectivity index is 6.76. The summed E-state index contributed by atoms with van der Waals surface area (Å²) < 4.78 is 240. The van der Waals surface area contributed by atoms with Crippen molar-refractivity contribution in [1.82, 2.24) is 4.72 Å². The molecule has 0 rings (SSSR count). The highest BCUT2D eigenvalue weighted by Gasteiger charge is 2.95. The number of halogens is 17. The standard InChI is InChI=1S/C10H6F17NO2S/c1-2-31(29,30)28-10(26,27)8(21,22)6(17,18)4(13,14)3(11,12)5(15,16)7(19,20)9(23,24)25/h28H,2H2,1H3. The monoisotopic (exact) mass is 527 g/mol. The summed E-state index contributed by atoms with van der Waals surface area (Å²) in [5.74, 6) is -52.6. The van der Waals surface area contributed by atoms with Crippen LogP contribution in [0.3, 0.4) is 0 Å². The lowest BCUT2D eigenvalue weighted by Crippen LogP contribution is -2.75. The van der Waals surface area contributed by atoms with Gasteiger partial charge in [-0.05, 0) is 6.92 Å². The number of sulfonamides is 1. The fraction of sp³-hybridized carbons (Fsp3) is 1.00. The van der Waals surface area contributed by atoms with Crippen molar-refractivity contribution in [2.24, 2.45) is 0 Å². The summed E-state index contributed by atoms with van der Waals surface area (Å²) in [6.45, 7) is 0.372. The Morgan fingerprint density at radius 3 is 1.03 bits per heavy atom. The van der Waals surface area contributed by atoms with Crippen molar-refractivity contribution < 1.29 is 83.1 Å². The van der Waals surface area contributed by atoms with Crippen LogP contribution in [0.2, 0.25) is 0 Å². The number of alkyl halides is 17. The average molecular weight is 527 g/mol. The van der Waals surface area contributed by atoms with E-state index >= 15 is 0 Å². The Bertz CT molecular complexity index is 768. The highest BCUT2D eigenvalue weighted by molar-refractivity contribution is 7.89. The quantitative estimate of drug-likeness (QED) is 0.343. The van der Waals surface area contributed by atoms with Gasteiger partial charge in [0.1, 0.15) is 0 Å². The summed E-state index contributed by atoms with van der Waals surface area (Å²) >= 11 is 0. The molecule has 0 aromatic rings. The molecule has 3 nitrogen and oxygen atoms in total. The summed E-state index contributed by atoms with van der Waals surface area (Å²) in [5.41, 5.74) is 0. The maximum absolute atomic E-state index is 13.3. The van der Waals surface area contributed by atoms with Gasteiger partial charge in [0.2, 0.25) is 10.0 Å². The molecule has 0 aliphatic carbocycles. The second kappa shape index (κ2) is 7.37. The summed E-state index contributed by atoms with van der Waals surface area (Å²) in [5, 5.41) is 0. The van der Waals surface area contributed by atoms with Gasteiger partial charge in [0.15, 0.2) is 0 Å². The van der Waals surface area contributed by atoms with E-state index in [9.17, 15) is 83.1 Å². The normalized spacial score (nSPS) is 16.6. The number of hydrogen-bond donors (Lipinski definition) is 1. The Morgan fingerprint density at radius 1 is 0.516 bits per heavy atom. The molecule has 0 aliphatic heterocycles. The van der Waals surface area contributed by atoms with Crippen molar-refractivity contribution in [3.05, 3.63) is 0 Å². The average Bonchev–Trinajstić information content (AvgIpc) is 2.51. The SMILES string of the molecule is CCS(=O)(=O)NC(F)(F)C(F)(F)C(F)(F)C(F)(F)C(F)(F)C(F)(F)C(F)(F)C(F)(F)F. The zero-order chi connectivity index (χ0) is 25.9. The second-order valence-electron chi connectivity index (χ2n) is 5.52. The van der Waals surface area contributed by atoms with E-state index < -0.39 is 68.3 Å². The maximum Gasteiger partial charge on any atom is 0.460 e. The van der Waals surface area contributed by atoms with Crippen LogP contribution in [0.4, 0.5) is 74.6 Å². The van der Waals surface area contributed by atoms with Gasteiger partial charge in [-0.3, -0.25) is 0 Å². The van der Waals surface area contributed by atoms with E-state index in [1.54, 1.807) is 0 Å². The van der Waals surface area contributed by atoms with Crippen molar-refractivity contribution in [2.45, 2.75) is 54.7 Å². The van der Waals surface area contributed by atoms with E-state index in [4.69, 9.17) is 0 Å². The highest BCUT2D eigenvalue weighted by Crippen LogP contribution is 2.63. The first-order valence-electron chi connectivity index (χ1n) is 6.75. The van der Waals surface area contributed by atoms with Gasteiger partial charge in [-0.25, -0.2) is 8.42 Å². The molecule has 1 N–H and O–H groups in total. The molecule has 0 atom stereocenters. The van der Waals surface area contributed by atoms with Gasteiger partial charge in [-0.1, -0.05) is 0 Å². The van der Waals surface area contributed by atoms with Crippen molar-refractivity contribution in [2.75, 3.05) is 5.75 Å². The van der Waals surface area contributed by atoms with Gasteiger partial charge in [0.25, 0.3) is 0 Å². The Morgan fingerprint density at radius 2 is 0.774 bits per heavy atom. The predicted octanol–water partition coefficient (Wildman–Crippen LogP) is 4.89. The van der Waals surface area contributed by atoms with Crippen LogP contribution in [0, 0.1) is 0 Å². The molecular formula is C10H6F17NO2S. The van der Waals surface area contributed by atoms with Gasteiger partial charge < -0.3 is 0 Å². The van der Waals surface area contributed by atoms with Gasteiger partial charge in [-0.2, -0.15) is 74.6 Å². The van der Waals surface area contributed by atoms with E-state index in [0.717, 1.165) is 0 Å². The van der Waals surface area contributed by atoms with Crippen LogP contribution in [0.25, 0.3) is 0 Å². The fourth-order valence-corrected chi connectivity index (χ4v) is 2.16. The number of nitrogens with one attached hydrogen (secondary N) is 1. The van der Waals surface area contributed by atoms with E-state index in [1.807, 2.05) is 0 Å². The Kier molecular flexibility index (Phi) is 7.07. The lowest BCUT2D eigenvalue weighted by molar-refractivity contribution is -0.462. The third-order valence-electron chi connectivity index (χ3n) is 3.39. The highest BCUT2D eigenvalue weighted by atomic mass is 32.2. The van der Waals surface area contributed by atoms with Crippen molar-refractivity contribution in [3.8, 4) is 0 Å². The first kappa shape index (κ1) is 29.7. The molecule has 0 spiro atoms. The number of hydrogen-bond acceptors (Lipinski definition) is 2. The lowest BCUT2D eigenvalue weighted by atomic mass is 9.90. The molecule has 0 fully saturated rings. The molecule has 0 amide bonds. The largest absolute Gasteiger partial charge is 0.460 e. The van der Waals surface area contributed by atoms with Crippen molar-refractivity contribution >= 4 is 10.0 Å². The summed E-state index contributed by atoms with van der Waals surface area (Å²) in [6.07, 6.45) is -7.84. The minimum Gasteiger partial charge on any atom is -0.212 e. The fourth-order valence-electron chi connectivity index (χ4n) is 1.50. The molecular weight excluding hydrogens is 521 g/mol. The van der Waals surface area contributed by atoms with Crippen LogP contribution in [0.1, 0.15) is 6.92 Å². The summed E-state index contributed by atoms with van der Waals surface area (Å²) in [6, 6.07) is -7.16. The number of rotatable bonds is 9. The molecule has 0 unspecified atom stereocenters. The molecule has 188 valence electrons. The zero-order valence-electron chi connectivity index (χ0n) is 13.9. The maximum atomic E-state index is 13.3. The minimum atomic E-state index is -8.76. The van der Waals surface area contributed by atoms with Crippen LogP contribution in [-0.2, 0) is 10.0 Å². The molecule has 0 heterocycles.